The summed E-state index contributed by atoms with van der Waals surface area (Å²) in [5.41, 5.74) is -0.400. The van der Waals surface area contributed by atoms with Crippen molar-refractivity contribution < 1.29 is 26.7 Å². The molecule has 1 fully saturated rings. The Hall–Kier alpha value is -1.43. The first-order chi connectivity index (χ1) is 12.8. The van der Waals surface area contributed by atoms with Crippen molar-refractivity contribution in [2.24, 2.45) is 5.92 Å². The van der Waals surface area contributed by atoms with Crippen LogP contribution in [-0.2, 0) is 11.3 Å². The quantitative estimate of drug-likeness (QED) is 0.337. The van der Waals surface area contributed by atoms with Crippen LogP contribution in [-0.4, -0.2) is 12.3 Å². The average Bonchev–Trinajstić information content (AvgIpc) is 2.59. The molecule has 152 valence electrons. The van der Waals surface area contributed by atoms with Gasteiger partial charge in [-0.15, -0.1) is 0 Å². The second-order valence-electron chi connectivity index (χ2n) is 7.30. The first kappa shape index (κ1) is 21.9. The van der Waals surface area contributed by atoms with Gasteiger partial charge in [0.1, 0.15) is 11.6 Å². The van der Waals surface area contributed by atoms with Crippen LogP contribution in [0.25, 0.3) is 6.08 Å². The van der Waals surface area contributed by atoms with Crippen molar-refractivity contribution in [1.29, 1.82) is 0 Å². The van der Waals surface area contributed by atoms with E-state index in [0.717, 1.165) is 43.7 Å². The molecule has 0 heterocycles. The number of unbranched alkanes of at least 4 members (excludes halogenated alkanes) is 2. The molecule has 1 aliphatic carbocycles. The molecule has 1 saturated carbocycles. The summed E-state index contributed by atoms with van der Waals surface area (Å²) < 4.78 is 70.2. The fourth-order valence-electron chi connectivity index (χ4n) is 3.54. The van der Waals surface area contributed by atoms with E-state index < -0.39 is 23.4 Å². The minimum Gasteiger partial charge on any atom is -0.374 e. The van der Waals surface area contributed by atoms with Gasteiger partial charge >= 0.3 is 6.18 Å². The summed E-state index contributed by atoms with van der Waals surface area (Å²) in [6.07, 6.45) is 4.79. The number of ether oxygens (including phenoxy) is 1. The zero-order chi connectivity index (χ0) is 19.9. The van der Waals surface area contributed by atoms with Crippen LogP contribution in [0.15, 0.2) is 18.2 Å². The van der Waals surface area contributed by atoms with Crippen LogP contribution in [0.2, 0.25) is 0 Å². The molecule has 2 rings (SSSR count). The van der Waals surface area contributed by atoms with Crippen molar-refractivity contribution >= 4 is 6.08 Å². The molecule has 1 aromatic carbocycles. The lowest BCUT2D eigenvalue weighted by Crippen LogP contribution is -2.21. The maximum absolute atomic E-state index is 13.9. The SMILES string of the molecule is CCCCCC1CCC(OCc2cc(F)c(C=CC(F)(F)F)c(F)c2)CC1. The van der Waals surface area contributed by atoms with Crippen LogP contribution < -0.4 is 0 Å². The summed E-state index contributed by atoms with van der Waals surface area (Å²) in [7, 11) is 0. The van der Waals surface area contributed by atoms with Gasteiger partial charge in [-0.2, -0.15) is 13.2 Å². The number of hydrogen-bond donors (Lipinski definition) is 0. The number of allylic oxidation sites excluding steroid dienone is 1. The summed E-state index contributed by atoms with van der Waals surface area (Å²) in [6.45, 7) is 2.25. The van der Waals surface area contributed by atoms with Gasteiger partial charge in [0.2, 0.25) is 0 Å². The molecule has 6 heteroatoms. The first-order valence-corrected chi connectivity index (χ1v) is 9.64. The Morgan fingerprint density at radius 1 is 1.04 bits per heavy atom. The third-order valence-corrected chi connectivity index (χ3v) is 5.07. The molecule has 0 spiro atoms. The summed E-state index contributed by atoms with van der Waals surface area (Å²) in [4.78, 5) is 0. The molecule has 1 aromatic rings. The van der Waals surface area contributed by atoms with Gasteiger partial charge in [0.15, 0.2) is 0 Å². The number of alkyl halides is 3. The van der Waals surface area contributed by atoms with Crippen LogP contribution in [0.5, 0.6) is 0 Å². The van der Waals surface area contributed by atoms with Gasteiger partial charge in [-0.25, -0.2) is 8.78 Å². The summed E-state index contributed by atoms with van der Waals surface area (Å²) >= 11 is 0. The second kappa shape index (κ2) is 10.2. The fourth-order valence-corrected chi connectivity index (χ4v) is 3.54. The van der Waals surface area contributed by atoms with Crippen LogP contribution in [0, 0.1) is 17.6 Å². The molecule has 0 unspecified atom stereocenters. The molecule has 0 aliphatic heterocycles. The fraction of sp³-hybridized carbons (Fsp3) is 0.619. The van der Waals surface area contributed by atoms with E-state index in [0.29, 0.717) is 11.6 Å². The standard InChI is InChI=1S/C21H27F5O/c1-2-3-4-5-15-6-8-17(9-7-15)27-14-16-12-19(22)18(20(23)13-16)10-11-21(24,25)26/h10-13,15,17H,2-9,14H2,1H3. The van der Waals surface area contributed by atoms with Gasteiger partial charge < -0.3 is 4.74 Å². The Labute approximate surface area is 157 Å². The van der Waals surface area contributed by atoms with Gasteiger partial charge in [0.25, 0.3) is 0 Å². The largest absolute Gasteiger partial charge is 0.409 e. The van der Waals surface area contributed by atoms with E-state index in [1.807, 2.05) is 0 Å². The highest BCUT2D eigenvalue weighted by Gasteiger charge is 2.23. The van der Waals surface area contributed by atoms with E-state index in [1.54, 1.807) is 0 Å². The zero-order valence-electron chi connectivity index (χ0n) is 15.6. The van der Waals surface area contributed by atoms with Gasteiger partial charge in [0.05, 0.1) is 12.7 Å². The minimum atomic E-state index is -4.62. The molecule has 1 nitrogen and oxygen atoms in total. The minimum absolute atomic E-state index is 0.0578. The number of halogens is 5. The summed E-state index contributed by atoms with van der Waals surface area (Å²) in [5.74, 6) is -1.30. The van der Waals surface area contributed by atoms with E-state index >= 15 is 0 Å². The van der Waals surface area contributed by atoms with Crippen molar-refractivity contribution in [3.63, 3.8) is 0 Å². The lowest BCUT2D eigenvalue weighted by atomic mass is 9.84. The molecule has 0 radical (unpaired) electrons. The van der Waals surface area contributed by atoms with Crippen LogP contribution in [0.3, 0.4) is 0 Å². The van der Waals surface area contributed by atoms with E-state index in [4.69, 9.17) is 4.74 Å². The molecule has 0 saturated heterocycles. The molecule has 27 heavy (non-hydrogen) atoms. The topological polar surface area (TPSA) is 9.23 Å². The molecule has 0 N–H and O–H groups in total. The Bertz CT molecular complexity index is 592. The Balaban J connectivity index is 1.84. The van der Waals surface area contributed by atoms with Crippen molar-refractivity contribution in [2.45, 2.75) is 77.2 Å². The normalized spacial score (nSPS) is 21.1. The van der Waals surface area contributed by atoms with E-state index in [9.17, 15) is 22.0 Å². The van der Waals surface area contributed by atoms with E-state index in [1.165, 1.54) is 25.7 Å². The average molecular weight is 390 g/mol. The van der Waals surface area contributed by atoms with Crippen molar-refractivity contribution in [3.8, 4) is 0 Å². The van der Waals surface area contributed by atoms with Crippen LogP contribution in [0.4, 0.5) is 22.0 Å². The molecule has 0 bridgehead atoms. The van der Waals surface area contributed by atoms with Crippen molar-refractivity contribution in [1.82, 2.24) is 0 Å². The van der Waals surface area contributed by atoms with Gasteiger partial charge in [-0.1, -0.05) is 32.6 Å². The second-order valence-corrected chi connectivity index (χ2v) is 7.30. The van der Waals surface area contributed by atoms with Gasteiger partial charge in [-0.3, -0.25) is 0 Å². The molecular formula is C21H27F5O. The van der Waals surface area contributed by atoms with Crippen LogP contribution in [0.1, 0.15) is 69.4 Å². The number of benzene rings is 1. The van der Waals surface area contributed by atoms with Crippen molar-refractivity contribution in [3.05, 3.63) is 41.0 Å². The summed E-state index contributed by atoms with van der Waals surface area (Å²) in [6, 6.07) is 2.07. The highest BCUT2D eigenvalue weighted by atomic mass is 19.4. The monoisotopic (exact) mass is 390 g/mol. The maximum Gasteiger partial charge on any atom is 0.409 e. The van der Waals surface area contributed by atoms with Gasteiger partial charge in [-0.05, 0) is 55.4 Å². The summed E-state index contributed by atoms with van der Waals surface area (Å²) in [5, 5.41) is 0. The molecule has 0 atom stereocenters. The predicted molar refractivity (Wildman–Crippen MR) is 96.1 cm³/mol. The van der Waals surface area contributed by atoms with E-state index in [-0.39, 0.29) is 18.8 Å². The molecule has 1 aliphatic rings. The highest BCUT2D eigenvalue weighted by Crippen LogP contribution is 2.30. The predicted octanol–water partition coefficient (Wildman–Crippen LogP) is 7.20. The Morgan fingerprint density at radius 2 is 1.67 bits per heavy atom. The smallest absolute Gasteiger partial charge is 0.374 e. The number of hydrogen-bond acceptors (Lipinski definition) is 1. The van der Waals surface area contributed by atoms with Gasteiger partial charge in [0, 0.05) is 11.6 Å². The zero-order valence-corrected chi connectivity index (χ0v) is 15.6. The molecular weight excluding hydrogens is 363 g/mol. The first-order valence-electron chi connectivity index (χ1n) is 9.64. The third-order valence-electron chi connectivity index (χ3n) is 5.07. The van der Waals surface area contributed by atoms with Crippen LogP contribution >= 0.6 is 0 Å². The lowest BCUT2D eigenvalue weighted by Gasteiger charge is -2.28. The highest BCUT2D eigenvalue weighted by molar-refractivity contribution is 5.52. The Kier molecular flexibility index (Phi) is 8.27. The van der Waals surface area contributed by atoms with E-state index in [2.05, 4.69) is 6.92 Å². The maximum atomic E-state index is 13.9. The Morgan fingerprint density at radius 3 is 2.22 bits per heavy atom. The third kappa shape index (κ3) is 7.60. The number of rotatable bonds is 8. The van der Waals surface area contributed by atoms with Crippen molar-refractivity contribution in [2.75, 3.05) is 0 Å². The molecule has 0 amide bonds. The lowest BCUT2D eigenvalue weighted by molar-refractivity contribution is -0.0790. The molecule has 0 aromatic heterocycles.